The maximum absolute atomic E-state index is 13.5. The highest BCUT2D eigenvalue weighted by atomic mass is 32.2. The number of carbonyl (C=O) groups excluding carboxylic acids is 1. The molecular weight excluding hydrogens is 450 g/mol. The summed E-state index contributed by atoms with van der Waals surface area (Å²) in [7, 11) is -1.95. The molecule has 2 aliphatic heterocycles. The SMILES string of the molecule is Cc1ccsc1CN(C)C(=O)c1cc(S(=O)(=O)N2CCOCC2)ccc1N1CCOCC1. The molecule has 0 aliphatic carbocycles. The predicted molar refractivity (Wildman–Crippen MR) is 124 cm³/mol. The standard InChI is InChI=1S/C22H29N3O5S2/c1-17-5-14-31-21(17)16-23(2)22(26)19-15-18(32(27,28)25-8-12-30-13-9-25)3-4-20(19)24-6-10-29-11-7-24/h3-5,14-15H,6-13,16H2,1-2H3. The normalized spacial score (nSPS) is 18.0. The minimum atomic E-state index is -3.71. The van der Waals surface area contributed by atoms with Crippen molar-refractivity contribution in [3.8, 4) is 0 Å². The van der Waals surface area contributed by atoms with Gasteiger partial charge in [0.05, 0.1) is 43.4 Å². The average molecular weight is 480 g/mol. The quantitative estimate of drug-likeness (QED) is 0.632. The van der Waals surface area contributed by atoms with Crippen LogP contribution >= 0.6 is 11.3 Å². The summed E-state index contributed by atoms with van der Waals surface area (Å²) in [4.78, 5) is 18.5. The van der Waals surface area contributed by atoms with Crippen LogP contribution in [0.2, 0.25) is 0 Å². The van der Waals surface area contributed by atoms with Crippen molar-refractivity contribution in [3.63, 3.8) is 0 Å². The third-order valence-corrected chi connectivity index (χ3v) is 8.76. The molecule has 0 N–H and O–H groups in total. The van der Waals surface area contributed by atoms with Crippen LogP contribution in [0.25, 0.3) is 0 Å². The number of amides is 1. The Balaban J connectivity index is 1.68. The van der Waals surface area contributed by atoms with Gasteiger partial charge in [0.15, 0.2) is 0 Å². The van der Waals surface area contributed by atoms with E-state index in [1.165, 1.54) is 10.4 Å². The van der Waals surface area contributed by atoms with E-state index in [-0.39, 0.29) is 10.8 Å². The Bertz CT molecular complexity index is 1060. The Morgan fingerprint density at radius 1 is 1.06 bits per heavy atom. The van der Waals surface area contributed by atoms with Gasteiger partial charge in [0.25, 0.3) is 5.91 Å². The Hall–Kier alpha value is -1.98. The maximum Gasteiger partial charge on any atom is 0.256 e. The molecule has 32 heavy (non-hydrogen) atoms. The monoisotopic (exact) mass is 479 g/mol. The van der Waals surface area contributed by atoms with E-state index in [4.69, 9.17) is 9.47 Å². The van der Waals surface area contributed by atoms with Crippen molar-refractivity contribution in [2.45, 2.75) is 18.4 Å². The minimum absolute atomic E-state index is 0.139. The molecule has 1 aromatic heterocycles. The Kier molecular flexibility index (Phi) is 7.16. The second-order valence-electron chi connectivity index (χ2n) is 7.98. The zero-order valence-corrected chi connectivity index (χ0v) is 20.1. The summed E-state index contributed by atoms with van der Waals surface area (Å²) >= 11 is 1.61. The highest BCUT2D eigenvalue weighted by molar-refractivity contribution is 7.89. The van der Waals surface area contributed by atoms with Crippen LogP contribution < -0.4 is 4.90 Å². The van der Waals surface area contributed by atoms with Gasteiger partial charge in [-0.2, -0.15) is 4.31 Å². The van der Waals surface area contributed by atoms with Gasteiger partial charge in [-0.3, -0.25) is 4.79 Å². The molecule has 0 saturated carbocycles. The van der Waals surface area contributed by atoms with E-state index in [1.54, 1.807) is 35.4 Å². The number of nitrogens with zero attached hydrogens (tertiary/aromatic N) is 3. The summed E-state index contributed by atoms with van der Waals surface area (Å²) < 4.78 is 38.6. The summed E-state index contributed by atoms with van der Waals surface area (Å²) in [5.41, 5.74) is 2.29. The predicted octanol–water partition coefficient (Wildman–Crippen LogP) is 2.19. The first-order valence-corrected chi connectivity index (χ1v) is 13.0. The van der Waals surface area contributed by atoms with Gasteiger partial charge in [0, 0.05) is 43.8 Å². The van der Waals surface area contributed by atoms with Crippen LogP contribution in [0, 0.1) is 6.92 Å². The second kappa shape index (κ2) is 9.88. The number of hydrogen-bond donors (Lipinski definition) is 0. The smallest absolute Gasteiger partial charge is 0.256 e. The second-order valence-corrected chi connectivity index (χ2v) is 10.9. The van der Waals surface area contributed by atoms with Gasteiger partial charge in [-0.1, -0.05) is 0 Å². The zero-order valence-electron chi connectivity index (χ0n) is 18.5. The van der Waals surface area contributed by atoms with Crippen molar-refractivity contribution >= 4 is 33.0 Å². The molecule has 0 unspecified atom stereocenters. The van der Waals surface area contributed by atoms with Gasteiger partial charge in [-0.05, 0) is 42.1 Å². The number of carbonyl (C=O) groups is 1. The molecule has 2 saturated heterocycles. The van der Waals surface area contributed by atoms with E-state index in [0.29, 0.717) is 64.7 Å². The molecule has 174 valence electrons. The van der Waals surface area contributed by atoms with E-state index in [9.17, 15) is 13.2 Å². The highest BCUT2D eigenvalue weighted by Gasteiger charge is 2.29. The molecule has 8 nitrogen and oxygen atoms in total. The molecule has 1 amide bonds. The van der Waals surface area contributed by atoms with Gasteiger partial charge in [0.1, 0.15) is 0 Å². The fraction of sp³-hybridized carbons (Fsp3) is 0.500. The van der Waals surface area contributed by atoms with Crippen LogP contribution in [0.4, 0.5) is 5.69 Å². The third-order valence-electron chi connectivity index (χ3n) is 5.85. The van der Waals surface area contributed by atoms with Crippen LogP contribution in [-0.4, -0.2) is 83.2 Å². The van der Waals surface area contributed by atoms with Crippen LogP contribution in [0.5, 0.6) is 0 Å². The first-order valence-electron chi connectivity index (χ1n) is 10.7. The molecule has 1 aromatic carbocycles. The molecule has 2 aliphatic rings. The van der Waals surface area contributed by atoms with Crippen LogP contribution in [-0.2, 0) is 26.0 Å². The van der Waals surface area contributed by atoms with E-state index in [0.717, 1.165) is 16.1 Å². The van der Waals surface area contributed by atoms with Gasteiger partial charge in [-0.15, -0.1) is 11.3 Å². The van der Waals surface area contributed by atoms with Gasteiger partial charge in [-0.25, -0.2) is 8.42 Å². The van der Waals surface area contributed by atoms with Crippen LogP contribution in [0.3, 0.4) is 0 Å². The lowest BCUT2D eigenvalue weighted by Gasteiger charge is -2.32. The Labute approximate surface area is 193 Å². The molecule has 4 rings (SSSR count). The van der Waals surface area contributed by atoms with Gasteiger partial charge >= 0.3 is 0 Å². The van der Waals surface area contributed by atoms with E-state index >= 15 is 0 Å². The van der Waals surface area contributed by atoms with Crippen molar-refractivity contribution in [1.82, 2.24) is 9.21 Å². The fourth-order valence-corrected chi connectivity index (χ4v) is 6.32. The van der Waals surface area contributed by atoms with E-state index in [1.807, 2.05) is 18.4 Å². The van der Waals surface area contributed by atoms with Gasteiger partial charge < -0.3 is 19.3 Å². The molecule has 0 radical (unpaired) electrons. The van der Waals surface area contributed by atoms with Crippen LogP contribution in [0.1, 0.15) is 20.8 Å². The lowest BCUT2D eigenvalue weighted by Crippen LogP contribution is -2.41. The molecule has 2 fully saturated rings. The molecule has 2 aromatic rings. The first-order chi connectivity index (χ1) is 15.4. The van der Waals surface area contributed by atoms with Crippen molar-refractivity contribution < 1.29 is 22.7 Å². The molecule has 0 bridgehead atoms. The zero-order chi connectivity index (χ0) is 22.7. The lowest BCUT2D eigenvalue weighted by atomic mass is 10.1. The van der Waals surface area contributed by atoms with E-state index in [2.05, 4.69) is 4.90 Å². The summed E-state index contributed by atoms with van der Waals surface area (Å²) in [6.07, 6.45) is 0. The Morgan fingerprint density at radius 2 is 1.72 bits per heavy atom. The summed E-state index contributed by atoms with van der Waals surface area (Å²) in [5, 5.41) is 2.01. The topological polar surface area (TPSA) is 79.4 Å². The number of hydrogen-bond acceptors (Lipinski definition) is 7. The number of thiophene rings is 1. The Morgan fingerprint density at radius 3 is 2.34 bits per heavy atom. The molecule has 0 atom stereocenters. The van der Waals surface area contributed by atoms with E-state index < -0.39 is 10.0 Å². The van der Waals surface area contributed by atoms with Crippen molar-refractivity contribution in [2.75, 3.05) is 64.6 Å². The number of sulfonamides is 1. The molecule has 3 heterocycles. The third kappa shape index (κ3) is 4.84. The molecular formula is C22H29N3O5S2. The van der Waals surface area contributed by atoms with Crippen LogP contribution in [0.15, 0.2) is 34.5 Å². The van der Waals surface area contributed by atoms with Crippen molar-refractivity contribution in [3.05, 3.63) is 45.6 Å². The van der Waals surface area contributed by atoms with Crippen molar-refractivity contribution in [1.29, 1.82) is 0 Å². The van der Waals surface area contributed by atoms with Gasteiger partial charge in [0.2, 0.25) is 10.0 Å². The highest BCUT2D eigenvalue weighted by Crippen LogP contribution is 2.29. The summed E-state index contributed by atoms with van der Waals surface area (Å²) in [6.45, 7) is 6.34. The summed E-state index contributed by atoms with van der Waals surface area (Å²) in [6, 6.07) is 6.94. The van der Waals surface area contributed by atoms with Crippen molar-refractivity contribution in [2.24, 2.45) is 0 Å². The first kappa shape index (κ1) is 23.2. The average Bonchev–Trinajstić information content (AvgIpc) is 3.23. The maximum atomic E-state index is 13.5. The lowest BCUT2D eigenvalue weighted by molar-refractivity contribution is 0.0730. The number of morpholine rings is 2. The molecule has 10 heteroatoms. The summed E-state index contributed by atoms with van der Waals surface area (Å²) in [5.74, 6) is -0.196. The number of rotatable bonds is 6. The fourth-order valence-electron chi connectivity index (χ4n) is 3.92. The minimum Gasteiger partial charge on any atom is -0.379 e. The number of ether oxygens (including phenoxy) is 2. The molecule has 0 spiro atoms. The largest absolute Gasteiger partial charge is 0.379 e. The number of benzene rings is 1. The number of anilines is 1. The number of aryl methyl sites for hydroxylation is 1.